The minimum atomic E-state index is -0.442. The Balaban J connectivity index is 2.03. The molecule has 0 heterocycles. The van der Waals surface area contributed by atoms with Crippen molar-refractivity contribution >= 4 is 11.6 Å². The molecule has 1 aromatic rings. The Morgan fingerprint density at radius 3 is 2.38 bits per heavy atom. The molecule has 5 heteroatoms. The molecule has 0 aromatic heterocycles. The molecule has 1 aromatic carbocycles. The van der Waals surface area contributed by atoms with Crippen molar-refractivity contribution in [1.82, 2.24) is 9.80 Å². The number of amides is 1. The Bertz CT molecular complexity index is 523. The topological polar surface area (TPSA) is 75.6 Å². The highest BCUT2D eigenvalue weighted by Crippen LogP contribution is 2.36. The van der Waals surface area contributed by atoms with Gasteiger partial charge in [0.25, 0.3) is 0 Å². The number of benzene rings is 1. The zero-order valence-electron chi connectivity index (χ0n) is 13.2. The smallest absolute Gasteiger partial charge is 0.248 e. The SMILES string of the molecule is CN(Cc1ccc(C(N)=O)cc1N)CC1(N(C)C)CCC1. The number of hydrogen-bond acceptors (Lipinski definition) is 4. The van der Waals surface area contributed by atoms with Gasteiger partial charge in [0.15, 0.2) is 0 Å². The van der Waals surface area contributed by atoms with Gasteiger partial charge >= 0.3 is 0 Å². The minimum absolute atomic E-state index is 0.302. The van der Waals surface area contributed by atoms with E-state index in [-0.39, 0.29) is 0 Å². The molecule has 1 aliphatic carbocycles. The second-order valence-corrected chi connectivity index (χ2v) is 6.42. The summed E-state index contributed by atoms with van der Waals surface area (Å²) in [6.07, 6.45) is 3.81. The van der Waals surface area contributed by atoms with Crippen LogP contribution in [0.1, 0.15) is 35.2 Å². The molecule has 0 radical (unpaired) electrons. The molecule has 1 aliphatic rings. The van der Waals surface area contributed by atoms with Crippen molar-refractivity contribution in [3.63, 3.8) is 0 Å². The van der Waals surface area contributed by atoms with Crippen LogP contribution in [0.3, 0.4) is 0 Å². The first kappa shape index (κ1) is 15.8. The first-order valence-electron chi connectivity index (χ1n) is 7.38. The number of likely N-dealkylation sites (N-methyl/N-ethyl adjacent to an activating group) is 2. The largest absolute Gasteiger partial charge is 0.398 e. The first-order chi connectivity index (χ1) is 9.84. The Labute approximate surface area is 126 Å². The van der Waals surface area contributed by atoms with Crippen molar-refractivity contribution in [2.24, 2.45) is 5.73 Å². The van der Waals surface area contributed by atoms with Crippen LogP contribution in [0.2, 0.25) is 0 Å². The normalized spacial score (nSPS) is 17.0. The van der Waals surface area contributed by atoms with Gasteiger partial charge in [0.2, 0.25) is 5.91 Å². The molecule has 1 amide bonds. The fourth-order valence-corrected chi connectivity index (χ4v) is 3.07. The zero-order chi connectivity index (χ0) is 15.6. The minimum Gasteiger partial charge on any atom is -0.398 e. The number of carbonyl (C=O) groups is 1. The second-order valence-electron chi connectivity index (χ2n) is 6.42. The van der Waals surface area contributed by atoms with Gasteiger partial charge in [-0.25, -0.2) is 0 Å². The predicted octanol–water partition coefficient (Wildman–Crippen LogP) is 1.28. The van der Waals surface area contributed by atoms with Crippen molar-refractivity contribution < 1.29 is 4.79 Å². The number of primary amides is 1. The highest BCUT2D eigenvalue weighted by Gasteiger charge is 2.39. The number of rotatable bonds is 6. The van der Waals surface area contributed by atoms with Crippen LogP contribution in [0, 0.1) is 0 Å². The van der Waals surface area contributed by atoms with Gasteiger partial charge in [-0.05, 0) is 58.1 Å². The lowest BCUT2D eigenvalue weighted by Crippen LogP contribution is -2.56. The van der Waals surface area contributed by atoms with Crippen LogP contribution in [0.5, 0.6) is 0 Å². The average molecular weight is 290 g/mol. The Hall–Kier alpha value is -1.59. The van der Waals surface area contributed by atoms with Crippen LogP contribution in [0.4, 0.5) is 5.69 Å². The predicted molar refractivity (Wildman–Crippen MR) is 86.0 cm³/mol. The van der Waals surface area contributed by atoms with Gasteiger partial charge in [-0.1, -0.05) is 6.07 Å². The fraction of sp³-hybridized carbons (Fsp3) is 0.562. The summed E-state index contributed by atoms with van der Waals surface area (Å²) in [6, 6.07) is 5.30. The lowest BCUT2D eigenvalue weighted by atomic mass is 9.75. The maximum Gasteiger partial charge on any atom is 0.248 e. The number of nitrogen functional groups attached to an aromatic ring is 1. The highest BCUT2D eigenvalue weighted by atomic mass is 16.1. The van der Waals surface area contributed by atoms with Crippen molar-refractivity contribution in [2.45, 2.75) is 31.3 Å². The number of hydrogen-bond donors (Lipinski definition) is 2. The standard InChI is InChI=1S/C16H26N4O/c1-19(2)16(7-4-8-16)11-20(3)10-13-6-5-12(15(18)21)9-14(13)17/h5-6,9H,4,7-8,10-11,17H2,1-3H3,(H2,18,21). The van der Waals surface area contributed by atoms with Gasteiger partial charge in [-0.2, -0.15) is 0 Å². The number of anilines is 1. The van der Waals surface area contributed by atoms with E-state index in [2.05, 4.69) is 30.9 Å². The van der Waals surface area contributed by atoms with Crippen molar-refractivity contribution in [1.29, 1.82) is 0 Å². The van der Waals surface area contributed by atoms with E-state index >= 15 is 0 Å². The Morgan fingerprint density at radius 1 is 1.29 bits per heavy atom. The van der Waals surface area contributed by atoms with Gasteiger partial charge < -0.3 is 21.3 Å². The van der Waals surface area contributed by atoms with Crippen LogP contribution in [0.15, 0.2) is 18.2 Å². The number of nitrogens with two attached hydrogens (primary N) is 2. The molecule has 0 atom stereocenters. The molecular formula is C16H26N4O. The van der Waals surface area contributed by atoms with Crippen LogP contribution < -0.4 is 11.5 Å². The summed E-state index contributed by atoms with van der Waals surface area (Å²) in [4.78, 5) is 15.8. The fourth-order valence-electron chi connectivity index (χ4n) is 3.07. The molecule has 2 rings (SSSR count). The van der Waals surface area contributed by atoms with E-state index in [1.807, 2.05) is 6.07 Å². The van der Waals surface area contributed by atoms with E-state index < -0.39 is 5.91 Å². The van der Waals surface area contributed by atoms with Crippen LogP contribution >= 0.6 is 0 Å². The van der Waals surface area contributed by atoms with Crippen molar-refractivity contribution in [2.75, 3.05) is 33.4 Å². The lowest BCUT2D eigenvalue weighted by molar-refractivity contribution is 0.0259. The summed E-state index contributed by atoms with van der Waals surface area (Å²) in [6.45, 7) is 1.80. The summed E-state index contributed by atoms with van der Waals surface area (Å²) in [5, 5.41) is 0. The second kappa shape index (κ2) is 6.03. The van der Waals surface area contributed by atoms with Crippen LogP contribution in [-0.4, -0.2) is 48.9 Å². The average Bonchev–Trinajstić information content (AvgIpc) is 2.35. The molecule has 1 saturated carbocycles. The highest BCUT2D eigenvalue weighted by molar-refractivity contribution is 5.93. The van der Waals surface area contributed by atoms with Crippen molar-refractivity contribution in [3.05, 3.63) is 29.3 Å². The molecule has 0 unspecified atom stereocenters. The molecule has 1 fully saturated rings. The van der Waals surface area contributed by atoms with Gasteiger partial charge in [0.1, 0.15) is 0 Å². The maximum absolute atomic E-state index is 11.1. The van der Waals surface area contributed by atoms with Crippen LogP contribution in [0.25, 0.3) is 0 Å². The first-order valence-corrected chi connectivity index (χ1v) is 7.38. The van der Waals surface area contributed by atoms with Crippen LogP contribution in [-0.2, 0) is 6.54 Å². The Morgan fingerprint density at radius 2 is 1.95 bits per heavy atom. The zero-order valence-corrected chi connectivity index (χ0v) is 13.2. The molecule has 0 spiro atoms. The summed E-state index contributed by atoms with van der Waals surface area (Å²) in [5.41, 5.74) is 13.7. The van der Waals surface area contributed by atoms with E-state index in [1.54, 1.807) is 12.1 Å². The third-order valence-electron chi connectivity index (χ3n) is 4.67. The molecule has 4 N–H and O–H groups in total. The molecule has 116 valence electrons. The van der Waals surface area contributed by atoms with Gasteiger partial charge in [0, 0.05) is 29.9 Å². The third kappa shape index (κ3) is 3.36. The molecule has 0 saturated heterocycles. The number of carbonyl (C=O) groups excluding carboxylic acids is 1. The van der Waals surface area contributed by atoms with E-state index in [4.69, 9.17) is 11.5 Å². The van der Waals surface area contributed by atoms with E-state index in [0.717, 1.165) is 18.7 Å². The third-order valence-corrected chi connectivity index (χ3v) is 4.67. The molecule has 0 aliphatic heterocycles. The summed E-state index contributed by atoms with van der Waals surface area (Å²) < 4.78 is 0. The van der Waals surface area contributed by atoms with E-state index in [0.29, 0.717) is 16.8 Å². The molecular weight excluding hydrogens is 264 g/mol. The molecule has 0 bridgehead atoms. The van der Waals surface area contributed by atoms with E-state index in [9.17, 15) is 4.79 Å². The lowest BCUT2D eigenvalue weighted by Gasteiger charge is -2.49. The van der Waals surface area contributed by atoms with Crippen molar-refractivity contribution in [3.8, 4) is 0 Å². The van der Waals surface area contributed by atoms with E-state index in [1.165, 1.54) is 19.3 Å². The van der Waals surface area contributed by atoms with Gasteiger partial charge in [-0.15, -0.1) is 0 Å². The van der Waals surface area contributed by atoms with Gasteiger partial charge in [-0.3, -0.25) is 4.79 Å². The summed E-state index contributed by atoms with van der Waals surface area (Å²) >= 11 is 0. The Kier molecular flexibility index (Phi) is 4.54. The summed E-state index contributed by atoms with van der Waals surface area (Å²) in [5.74, 6) is -0.442. The summed E-state index contributed by atoms with van der Waals surface area (Å²) in [7, 11) is 6.43. The quantitative estimate of drug-likeness (QED) is 0.774. The molecule has 21 heavy (non-hydrogen) atoms. The monoisotopic (exact) mass is 290 g/mol. The maximum atomic E-state index is 11.1. The van der Waals surface area contributed by atoms with Gasteiger partial charge in [0.05, 0.1) is 0 Å². The number of nitrogens with zero attached hydrogens (tertiary/aromatic N) is 2. The molecule has 5 nitrogen and oxygen atoms in total.